The number of nitrogens with zero attached hydrogens (tertiary/aromatic N) is 6. The van der Waals surface area contributed by atoms with Crippen molar-refractivity contribution in [2.24, 2.45) is 0 Å². The van der Waals surface area contributed by atoms with Crippen molar-refractivity contribution in [1.29, 1.82) is 5.26 Å². The van der Waals surface area contributed by atoms with Crippen LogP contribution >= 0.6 is 0 Å². The highest BCUT2D eigenvalue weighted by Crippen LogP contribution is 2.47. The fourth-order valence-electron chi connectivity index (χ4n) is 6.79. The molecule has 1 saturated heterocycles. The summed E-state index contributed by atoms with van der Waals surface area (Å²) in [5.41, 5.74) is 5.49. The van der Waals surface area contributed by atoms with Crippen molar-refractivity contribution in [3.63, 3.8) is 0 Å². The van der Waals surface area contributed by atoms with Gasteiger partial charge < -0.3 is 13.9 Å². The van der Waals surface area contributed by atoms with Gasteiger partial charge >= 0.3 is 5.76 Å². The van der Waals surface area contributed by atoms with Crippen LogP contribution in [0.5, 0.6) is 0 Å². The molecule has 2 aromatic carbocycles. The Labute approximate surface area is 265 Å². The van der Waals surface area contributed by atoms with Crippen LogP contribution in [-0.2, 0) is 19.4 Å². The van der Waals surface area contributed by atoms with Gasteiger partial charge in [0.25, 0.3) is 11.8 Å². The Morgan fingerprint density at radius 2 is 1.83 bits per heavy atom. The first-order chi connectivity index (χ1) is 22.9. The quantitative estimate of drug-likeness (QED) is 0.239. The number of amides is 1. The highest BCUT2D eigenvalue weighted by molar-refractivity contribution is 6.08. The number of pyridine rings is 2. The van der Waals surface area contributed by atoms with E-state index in [9.17, 15) is 18.4 Å². The van der Waals surface area contributed by atoms with Crippen LogP contribution in [0.15, 0.2) is 76.2 Å². The molecule has 47 heavy (non-hydrogen) atoms. The van der Waals surface area contributed by atoms with Crippen LogP contribution in [0.1, 0.15) is 57.3 Å². The molecule has 0 bridgehead atoms. The number of rotatable bonds is 7. The fourth-order valence-corrected chi connectivity index (χ4v) is 6.79. The smallest absolute Gasteiger partial charge is 0.388 e. The standard InChI is InChI=1S/C35H25F2N7O3/c36-24-8-4-19(5-9-24)6-10-26-29(33-41-42-35(46)47-33)28(30-31(40-26)27-2-1-12-44(27)34(30)45)23-15-21-11-13-43(32(21)39-17-23)18-20-3-7-22(16-38)25(37)14-20/h3-5,7-9,11,13-15,17,27H,1-2,6,10,12,18H2,(H,42,46)/t27-/m1/s1. The van der Waals surface area contributed by atoms with Crippen LogP contribution in [0.2, 0.25) is 0 Å². The number of hydrogen-bond donors (Lipinski definition) is 1. The Morgan fingerprint density at radius 3 is 2.60 bits per heavy atom. The molecular weight excluding hydrogens is 604 g/mol. The lowest BCUT2D eigenvalue weighted by Crippen LogP contribution is -2.23. The van der Waals surface area contributed by atoms with Crippen LogP contribution in [0.3, 0.4) is 0 Å². The summed E-state index contributed by atoms with van der Waals surface area (Å²) in [4.78, 5) is 37.9. The number of hydrogen-bond acceptors (Lipinski definition) is 7. The molecule has 1 N–H and O–H groups in total. The Bertz CT molecular complexity index is 2320. The molecule has 2 aliphatic rings. The summed E-state index contributed by atoms with van der Waals surface area (Å²) in [5.74, 6) is -1.79. The number of nitrogens with one attached hydrogen (secondary N) is 1. The summed E-state index contributed by atoms with van der Waals surface area (Å²) in [5, 5.41) is 16.4. The van der Waals surface area contributed by atoms with Crippen molar-refractivity contribution in [2.75, 3.05) is 6.54 Å². The second-order valence-electron chi connectivity index (χ2n) is 11.8. The highest BCUT2D eigenvalue weighted by atomic mass is 19.1. The minimum absolute atomic E-state index is 0.00905. The van der Waals surface area contributed by atoms with Gasteiger partial charge in [0.15, 0.2) is 0 Å². The van der Waals surface area contributed by atoms with E-state index in [1.165, 1.54) is 24.3 Å². The molecule has 0 radical (unpaired) electrons. The summed E-state index contributed by atoms with van der Waals surface area (Å²) < 4.78 is 35.3. The number of carbonyl (C=O) groups excluding carboxylic acids is 1. The molecule has 0 spiro atoms. The summed E-state index contributed by atoms with van der Waals surface area (Å²) in [6.45, 7) is 0.947. The summed E-state index contributed by atoms with van der Waals surface area (Å²) in [7, 11) is 0. The topological polar surface area (TPSA) is 134 Å². The monoisotopic (exact) mass is 629 g/mol. The van der Waals surface area contributed by atoms with Crippen LogP contribution < -0.4 is 5.76 Å². The lowest BCUT2D eigenvalue weighted by Gasteiger charge is -2.17. The predicted octanol–water partition coefficient (Wildman–Crippen LogP) is 5.72. The van der Waals surface area contributed by atoms with E-state index in [0.29, 0.717) is 70.8 Å². The average Bonchev–Trinajstić information content (AvgIpc) is 3.87. The summed E-state index contributed by atoms with van der Waals surface area (Å²) in [6, 6.07) is 16.2. The predicted molar refractivity (Wildman–Crippen MR) is 166 cm³/mol. The number of nitriles is 1. The van der Waals surface area contributed by atoms with Gasteiger partial charge in [0.2, 0.25) is 0 Å². The maximum Gasteiger partial charge on any atom is 0.434 e. The molecule has 1 amide bonds. The van der Waals surface area contributed by atoms with E-state index in [0.717, 1.165) is 23.8 Å². The van der Waals surface area contributed by atoms with E-state index >= 15 is 0 Å². The van der Waals surface area contributed by atoms with Crippen molar-refractivity contribution in [3.8, 4) is 28.7 Å². The first-order valence-electron chi connectivity index (χ1n) is 15.2. The molecule has 6 aromatic rings. The normalized spacial score (nSPS) is 15.3. The first kappa shape index (κ1) is 28.5. The van der Waals surface area contributed by atoms with Gasteiger partial charge in [-0.3, -0.25) is 9.78 Å². The fraction of sp³-hybridized carbons (Fsp3) is 0.200. The van der Waals surface area contributed by atoms with Gasteiger partial charge in [-0.15, -0.1) is 5.10 Å². The number of aromatic amines is 1. The zero-order valence-corrected chi connectivity index (χ0v) is 24.8. The molecule has 0 aliphatic carbocycles. The molecule has 2 aliphatic heterocycles. The summed E-state index contributed by atoms with van der Waals surface area (Å²) in [6.07, 6.45) is 6.10. The van der Waals surface area contributed by atoms with Crippen LogP contribution in [0, 0.1) is 23.0 Å². The molecule has 12 heteroatoms. The van der Waals surface area contributed by atoms with Crippen molar-refractivity contribution < 1.29 is 18.0 Å². The van der Waals surface area contributed by atoms with Gasteiger partial charge in [-0.25, -0.2) is 23.7 Å². The molecule has 0 unspecified atom stereocenters. The van der Waals surface area contributed by atoms with Gasteiger partial charge in [0, 0.05) is 42.0 Å². The van der Waals surface area contributed by atoms with Crippen molar-refractivity contribution in [2.45, 2.75) is 38.3 Å². The van der Waals surface area contributed by atoms with E-state index < -0.39 is 11.6 Å². The Balaban J connectivity index is 1.28. The number of carbonyl (C=O) groups is 1. The maximum atomic E-state index is 14.3. The lowest BCUT2D eigenvalue weighted by molar-refractivity contribution is 0.0776. The van der Waals surface area contributed by atoms with Gasteiger partial charge in [0.1, 0.15) is 23.4 Å². The Kier molecular flexibility index (Phi) is 6.75. The molecule has 4 aromatic heterocycles. The van der Waals surface area contributed by atoms with Crippen molar-refractivity contribution in [1.82, 2.24) is 29.6 Å². The number of halogens is 2. The van der Waals surface area contributed by atoms with Crippen LogP contribution in [0.4, 0.5) is 8.78 Å². The molecule has 1 fully saturated rings. The molecule has 10 nitrogen and oxygen atoms in total. The molecule has 1 atom stereocenters. The van der Waals surface area contributed by atoms with Crippen molar-refractivity contribution in [3.05, 3.63) is 123 Å². The molecular formula is C35H25F2N7O3. The number of H-pyrrole nitrogens is 1. The minimum atomic E-state index is -0.743. The van der Waals surface area contributed by atoms with Gasteiger partial charge in [0.05, 0.1) is 34.1 Å². The van der Waals surface area contributed by atoms with Gasteiger partial charge in [-0.05, 0) is 73.2 Å². The molecule has 232 valence electrons. The number of fused-ring (bicyclic) bond motifs is 4. The second kappa shape index (κ2) is 11.1. The third-order valence-electron chi connectivity index (χ3n) is 8.96. The lowest BCUT2D eigenvalue weighted by atomic mass is 9.90. The SMILES string of the molecule is N#Cc1ccc(Cn2ccc3cc(-c4c5c(nc(CCc6ccc(F)cc6)c4-c4n[nH]c(=O)o4)[C@H]4CCCN4C5=O)cnc32)cc1F. The van der Waals surface area contributed by atoms with Crippen LogP contribution in [-0.4, -0.2) is 42.1 Å². The van der Waals surface area contributed by atoms with E-state index in [1.807, 2.05) is 33.9 Å². The largest absolute Gasteiger partial charge is 0.434 e. The van der Waals surface area contributed by atoms with Crippen LogP contribution in [0.25, 0.3) is 33.6 Å². The van der Waals surface area contributed by atoms with E-state index in [4.69, 9.17) is 19.6 Å². The van der Waals surface area contributed by atoms with Crippen molar-refractivity contribution >= 4 is 16.9 Å². The van der Waals surface area contributed by atoms with E-state index in [2.05, 4.69) is 10.2 Å². The number of aromatic nitrogens is 5. The second-order valence-corrected chi connectivity index (χ2v) is 11.8. The molecule has 0 saturated carbocycles. The third-order valence-corrected chi connectivity index (χ3v) is 8.96. The number of aryl methyl sites for hydroxylation is 2. The molecule has 8 rings (SSSR count). The Hall–Kier alpha value is -5.96. The zero-order chi connectivity index (χ0) is 32.2. The third kappa shape index (κ3) is 4.87. The van der Waals surface area contributed by atoms with E-state index in [-0.39, 0.29) is 29.2 Å². The molecule has 6 heterocycles. The number of benzene rings is 2. The first-order valence-corrected chi connectivity index (χ1v) is 15.2. The van der Waals surface area contributed by atoms with E-state index in [1.54, 1.807) is 24.4 Å². The minimum Gasteiger partial charge on any atom is -0.388 e. The zero-order valence-electron chi connectivity index (χ0n) is 24.8. The Morgan fingerprint density at radius 1 is 1.00 bits per heavy atom. The van der Waals surface area contributed by atoms with Gasteiger partial charge in [-0.2, -0.15) is 5.26 Å². The maximum absolute atomic E-state index is 14.3. The highest BCUT2D eigenvalue weighted by Gasteiger charge is 2.44. The van der Waals surface area contributed by atoms with Gasteiger partial charge in [-0.1, -0.05) is 18.2 Å². The average molecular weight is 630 g/mol. The summed E-state index contributed by atoms with van der Waals surface area (Å²) >= 11 is 0.